The van der Waals surface area contributed by atoms with E-state index >= 15 is 0 Å². The predicted molar refractivity (Wildman–Crippen MR) is 129 cm³/mol. The van der Waals surface area contributed by atoms with Crippen LogP contribution < -0.4 is 15.0 Å². The smallest absolute Gasteiger partial charge is 0.259 e. The molecule has 4 heterocycles. The van der Waals surface area contributed by atoms with E-state index in [4.69, 9.17) is 4.74 Å². The van der Waals surface area contributed by atoms with E-state index in [2.05, 4.69) is 31.4 Å². The van der Waals surface area contributed by atoms with Crippen LogP contribution in [0.15, 0.2) is 49.1 Å². The largest absolute Gasteiger partial charge is 0.497 e. The number of carbonyl (C=O) groups excluding carboxylic acids is 1. The molecule has 0 saturated heterocycles. The number of nitriles is 1. The average molecular weight is 472 g/mol. The van der Waals surface area contributed by atoms with Crippen LogP contribution in [0.5, 0.6) is 5.75 Å². The van der Waals surface area contributed by atoms with Crippen LogP contribution in [0.25, 0.3) is 11.1 Å². The number of hydrogen-bond acceptors (Lipinski definition) is 8. The monoisotopic (exact) mass is 471 g/mol. The molecule has 0 fully saturated rings. The SMILES string of the molecule is COc1cccc(-c2cnc(N3CCc4c(sc(NC(=O)c5cnn(C)c5)c4C#N)C3)nc2)c1. The number of benzene rings is 1. The number of nitrogens with zero attached hydrogens (tertiary/aromatic N) is 6. The molecule has 9 nitrogen and oxygen atoms in total. The summed E-state index contributed by atoms with van der Waals surface area (Å²) in [6, 6.07) is 10.0. The zero-order valence-electron chi connectivity index (χ0n) is 18.6. The molecule has 1 aliphatic heterocycles. The lowest BCUT2D eigenvalue weighted by Gasteiger charge is -2.26. The zero-order chi connectivity index (χ0) is 23.7. The first-order chi connectivity index (χ1) is 16.6. The number of anilines is 2. The van der Waals surface area contributed by atoms with Crippen molar-refractivity contribution in [3.63, 3.8) is 0 Å². The number of ether oxygens (including phenoxy) is 1. The molecule has 0 spiro atoms. The summed E-state index contributed by atoms with van der Waals surface area (Å²) in [6.45, 7) is 1.27. The number of fused-ring (bicyclic) bond motifs is 1. The first-order valence-corrected chi connectivity index (χ1v) is 11.4. The maximum Gasteiger partial charge on any atom is 0.259 e. The van der Waals surface area contributed by atoms with Gasteiger partial charge in [0.05, 0.1) is 31.0 Å². The van der Waals surface area contributed by atoms with Gasteiger partial charge in [-0.1, -0.05) is 12.1 Å². The summed E-state index contributed by atoms with van der Waals surface area (Å²) in [5.74, 6) is 1.13. The standard InChI is InChI=1S/C24H21N7O2S/c1-30-13-17(12-28-30)22(32)29-23-20(9-25)19-6-7-31(14-21(19)34-23)24-26-10-16(11-27-24)15-4-3-5-18(8-15)33-2/h3-5,8,10-13H,6-7,14H2,1-2H3,(H,29,32). The Morgan fingerprint density at radius 1 is 1.24 bits per heavy atom. The van der Waals surface area contributed by atoms with Gasteiger partial charge in [-0.3, -0.25) is 9.48 Å². The molecular formula is C24H21N7O2S. The normalized spacial score (nSPS) is 12.7. The lowest BCUT2D eigenvalue weighted by atomic mass is 10.0. The fraction of sp³-hybridized carbons (Fsp3) is 0.208. The third kappa shape index (κ3) is 4.09. The topological polar surface area (TPSA) is 109 Å². The van der Waals surface area contributed by atoms with Gasteiger partial charge < -0.3 is 15.0 Å². The van der Waals surface area contributed by atoms with Gasteiger partial charge in [0.25, 0.3) is 5.91 Å². The predicted octanol–water partition coefficient (Wildman–Crippen LogP) is 3.63. The summed E-state index contributed by atoms with van der Waals surface area (Å²) >= 11 is 1.43. The van der Waals surface area contributed by atoms with Gasteiger partial charge in [0.15, 0.2) is 0 Å². The van der Waals surface area contributed by atoms with E-state index in [1.54, 1.807) is 37.4 Å². The molecular weight excluding hydrogens is 450 g/mol. The van der Waals surface area contributed by atoms with E-state index in [0.29, 0.717) is 41.6 Å². The van der Waals surface area contributed by atoms with Gasteiger partial charge in [-0.2, -0.15) is 10.4 Å². The third-order valence-electron chi connectivity index (χ3n) is 5.69. The van der Waals surface area contributed by atoms with E-state index in [1.165, 1.54) is 17.5 Å². The van der Waals surface area contributed by atoms with Crippen molar-refractivity contribution in [1.82, 2.24) is 19.7 Å². The number of hydrogen-bond donors (Lipinski definition) is 1. The molecule has 3 aromatic heterocycles. The molecule has 34 heavy (non-hydrogen) atoms. The number of thiophene rings is 1. The number of amides is 1. The van der Waals surface area contributed by atoms with Crippen molar-refractivity contribution in [2.45, 2.75) is 13.0 Å². The van der Waals surface area contributed by atoms with Gasteiger partial charge >= 0.3 is 0 Å². The molecule has 1 aromatic carbocycles. The minimum Gasteiger partial charge on any atom is -0.497 e. The van der Waals surface area contributed by atoms with Crippen LogP contribution in [0.3, 0.4) is 0 Å². The van der Waals surface area contributed by atoms with Gasteiger partial charge in [-0.15, -0.1) is 11.3 Å². The van der Waals surface area contributed by atoms with Crippen molar-refractivity contribution in [1.29, 1.82) is 5.26 Å². The number of rotatable bonds is 5. The lowest BCUT2D eigenvalue weighted by Crippen LogP contribution is -2.31. The molecule has 1 N–H and O–H groups in total. The van der Waals surface area contributed by atoms with E-state index in [-0.39, 0.29) is 5.91 Å². The molecule has 4 aromatic rings. The molecule has 0 saturated carbocycles. The zero-order valence-corrected chi connectivity index (χ0v) is 19.5. The van der Waals surface area contributed by atoms with Crippen molar-refractivity contribution in [2.24, 2.45) is 7.05 Å². The van der Waals surface area contributed by atoms with Crippen LogP contribution >= 0.6 is 11.3 Å². The first-order valence-electron chi connectivity index (χ1n) is 10.6. The summed E-state index contributed by atoms with van der Waals surface area (Å²) < 4.78 is 6.86. The molecule has 0 aliphatic carbocycles. The van der Waals surface area contributed by atoms with Gasteiger partial charge in [-0.05, 0) is 29.7 Å². The van der Waals surface area contributed by atoms with E-state index in [9.17, 15) is 10.1 Å². The highest BCUT2D eigenvalue weighted by atomic mass is 32.1. The van der Waals surface area contributed by atoms with E-state index < -0.39 is 0 Å². The van der Waals surface area contributed by atoms with Gasteiger partial charge in [0.1, 0.15) is 16.8 Å². The highest BCUT2D eigenvalue weighted by Gasteiger charge is 2.27. The Morgan fingerprint density at radius 3 is 2.76 bits per heavy atom. The summed E-state index contributed by atoms with van der Waals surface area (Å²) in [7, 11) is 3.39. The van der Waals surface area contributed by atoms with Crippen molar-refractivity contribution < 1.29 is 9.53 Å². The molecule has 0 atom stereocenters. The number of aryl methyl sites for hydroxylation is 1. The maximum atomic E-state index is 12.6. The minimum absolute atomic E-state index is 0.281. The molecule has 5 rings (SSSR count). The quantitative estimate of drug-likeness (QED) is 0.473. The highest BCUT2D eigenvalue weighted by molar-refractivity contribution is 7.16. The molecule has 1 aliphatic rings. The Hall–Kier alpha value is -4.23. The molecule has 10 heteroatoms. The minimum atomic E-state index is -0.281. The Labute approximate surface area is 200 Å². The third-order valence-corrected chi connectivity index (χ3v) is 6.82. The first kappa shape index (κ1) is 21.6. The second-order valence-electron chi connectivity index (χ2n) is 7.85. The summed E-state index contributed by atoms with van der Waals surface area (Å²) in [5, 5.41) is 17.2. The van der Waals surface area contributed by atoms with Crippen LogP contribution in [0, 0.1) is 11.3 Å². The Kier molecular flexibility index (Phi) is 5.69. The average Bonchev–Trinajstić information content (AvgIpc) is 3.46. The molecule has 0 radical (unpaired) electrons. The number of methoxy groups -OCH3 is 1. The van der Waals surface area contributed by atoms with Crippen LogP contribution in [0.1, 0.15) is 26.4 Å². The summed E-state index contributed by atoms with van der Waals surface area (Å²) in [6.07, 6.45) is 7.44. The fourth-order valence-corrected chi connectivity index (χ4v) is 5.14. The van der Waals surface area contributed by atoms with Gasteiger partial charge in [0.2, 0.25) is 5.95 Å². The Bertz CT molecular complexity index is 1400. The van der Waals surface area contributed by atoms with Crippen LogP contribution in [0.4, 0.5) is 10.9 Å². The highest BCUT2D eigenvalue weighted by Crippen LogP contribution is 2.37. The van der Waals surface area contributed by atoms with Crippen molar-refractivity contribution in [2.75, 3.05) is 23.9 Å². The van der Waals surface area contributed by atoms with E-state index in [1.807, 2.05) is 24.3 Å². The summed E-state index contributed by atoms with van der Waals surface area (Å²) in [4.78, 5) is 24.9. The molecule has 0 bridgehead atoms. The number of carbonyl (C=O) groups is 1. The summed E-state index contributed by atoms with van der Waals surface area (Å²) in [5.41, 5.74) is 3.86. The fourth-order valence-electron chi connectivity index (χ4n) is 3.93. The van der Waals surface area contributed by atoms with E-state index in [0.717, 1.165) is 27.3 Å². The number of nitrogens with one attached hydrogen (secondary N) is 1. The van der Waals surface area contributed by atoms with Gasteiger partial charge in [0, 0.05) is 42.6 Å². The maximum absolute atomic E-state index is 12.6. The number of aromatic nitrogens is 4. The Balaban J connectivity index is 1.34. The Morgan fingerprint density at radius 2 is 2.06 bits per heavy atom. The molecule has 170 valence electrons. The van der Waals surface area contributed by atoms with Gasteiger partial charge in [-0.25, -0.2) is 9.97 Å². The van der Waals surface area contributed by atoms with Crippen LogP contribution in [0.2, 0.25) is 0 Å². The second-order valence-corrected chi connectivity index (χ2v) is 8.96. The van der Waals surface area contributed by atoms with Crippen molar-refractivity contribution in [3.05, 3.63) is 70.6 Å². The van der Waals surface area contributed by atoms with Crippen molar-refractivity contribution in [3.8, 4) is 22.9 Å². The second kappa shape index (κ2) is 8.96. The molecule has 0 unspecified atom stereocenters. The van der Waals surface area contributed by atoms with Crippen LogP contribution in [-0.2, 0) is 20.0 Å². The van der Waals surface area contributed by atoms with Crippen LogP contribution in [-0.4, -0.2) is 39.3 Å². The lowest BCUT2D eigenvalue weighted by molar-refractivity contribution is 0.102. The molecule has 1 amide bonds. The van der Waals surface area contributed by atoms with Crippen molar-refractivity contribution >= 4 is 28.2 Å².